The average Bonchev–Trinajstić information content (AvgIpc) is 2.81. The van der Waals surface area contributed by atoms with E-state index in [0.29, 0.717) is 12.1 Å². The first-order valence-corrected chi connectivity index (χ1v) is 7.34. The van der Waals surface area contributed by atoms with Crippen LogP contribution in [0.1, 0.15) is 57.0 Å². The highest BCUT2D eigenvalue weighted by Gasteiger charge is 2.24. The van der Waals surface area contributed by atoms with E-state index in [0.717, 1.165) is 12.3 Å². The van der Waals surface area contributed by atoms with Crippen molar-refractivity contribution in [3.63, 3.8) is 0 Å². The first-order valence-electron chi connectivity index (χ1n) is 6.46. The van der Waals surface area contributed by atoms with Crippen molar-refractivity contribution in [1.29, 1.82) is 0 Å². The van der Waals surface area contributed by atoms with Crippen molar-refractivity contribution >= 4 is 11.3 Å². The van der Waals surface area contributed by atoms with E-state index in [2.05, 4.69) is 29.5 Å². The predicted molar refractivity (Wildman–Crippen MR) is 69.7 cm³/mol. The van der Waals surface area contributed by atoms with E-state index in [-0.39, 0.29) is 0 Å². The van der Waals surface area contributed by atoms with Crippen LogP contribution >= 0.6 is 11.3 Å². The van der Waals surface area contributed by atoms with Gasteiger partial charge in [-0.15, -0.1) is 11.3 Å². The van der Waals surface area contributed by atoms with Crippen molar-refractivity contribution in [2.75, 3.05) is 0 Å². The molecular formula is C13H22N2S. The third-order valence-corrected chi connectivity index (χ3v) is 4.57. The van der Waals surface area contributed by atoms with Gasteiger partial charge in [-0.1, -0.05) is 26.7 Å². The van der Waals surface area contributed by atoms with Crippen LogP contribution in [0.2, 0.25) is 0 Å². The van der Waals surface area contributed by atoms with Crippen molar-refractivity contribution in [3.8, 4) is 0 Å². The highest BCUT2D eigenvalue weighted by atomic mass is 32.1. The van der Waals surface area contributed by atoms with E-state index in [1.54, 1.807) is 11.3 Å². The maximum absolute atomic E-state index is 4.43. The van der Waals surface area contributed by atoms with Crippen molar-refractivity contribution in [2.24, 2.45) is 5.92 Å². The summed E-state index contributed by atoms with van der Waals surface area (Å²) < 4.78 is 0. The summed E-state index contributed by atoms with van der Waals surface area (Å²) in [5.41, 5.74) is 0. The topological polar surface area (TPSA) is 24.9 Å². The number of nitrogens with zero attached hydrogens (tertiary/aromatic N) is 1. The highest BCUT2D eigenvalue weighted by Crippen LogP contribution is 2.27. The van der Waals surface area contributed by atoms with E-state index in [1.165, 1.54) is 30.7 Å². The first-order chi connectivity index (χ1) is 7.81. The molecular weight excluding hydrogens is 216 g/mol. The lowest BCUT2D eigenvalue weighted by molar-refractivity contribution is 0.256. The number of thiazole rings is 1. The summed E-state index contributed by atoms with van der Waals surface area (Å²) in [7, 11) is 0. The molecule has 3 heteroatoms. The van der Waals surface area contributed by atoms with Crippen LogP contribution in [-0.4, -0.2) is 11.0 Å². The molecule has 1 saturated carbocycles. The fourth-order valence-corrected chi connectivity index (χ4v) is 3.37. The molecule has 3 unspecified atom stereocenters. The molecule has 0 aliphatic heterocycles. The van der Waals surface area contributed by atoms with Gasteiger partial charge in [0.2, 0.25) is 0 Å². The Morgan fingerprint density at radius 1 is 1.50 bits per heavy atom. The molecule has 1 aromatic rings. The average molecular weight is 238 g/mol. The number of hydrogen-bond acceptors (Lipinski definition) is 3. The summed E-state index contributed by atoms with van der Waals surface area (Å²) >= 11 is 1.77. The van der Waals surface area contributed by atoms with Crippen molar-refractivity contribution in [1.82, 2.24) is 10.3 Å². The number of nitrogens with one attached hydrogen (secondary N) is 1. The van der Waals surface area contributed by atoms with Gasteiger partial charge in [-0.25, -0.2) is 4.98 Å². The summed E-state index contributed by atoms with van der Waals surface area (Å²) in [5, 5.41) is 7.13. The Morgan fingerprint density at radius 3 is 2.94 bits per heavy atom. The van der Waals surface area contributed by atoms with Gasteiger partial charge in [0.05, 0.1) is 6.04 Å². The minimum atomic E-state index is 0.463. The predicted octanol–water partition coefficient (Wildman–Crippen LogP) is 3.76. The van der Waals surface area contributed by atoms with Gasteiger partial charge in [-0.2, -0.15) is 0 Å². The summed E-state index contributed by atoms with van der Waals surface area (Å²) in [6.07, 6.45) is 8.56. The second kappa shape index (κ2) is 5.78. The molecule has 1 aliphatic carbocycles. The second-order valence-electron chi connectivity index (χ2n) is 4.87. The fourth-order valence-electron chi connectivity index (χ4n) is 2.59. The minimum Gasteiger partial charge on any atom is -0.305 e. The normalized spacial score (nSPS) is 27.9. The van der Waals surface area contributed by atoms with Crippen molar-refractivity contribution in [3.05, 3.63) is 16.6 Å². The zero-order valence-corrected chi connectivity index (χ0v) is 11.1. The molecule has 2 nitrogen and oxygen atoms in total. The van der Waals surface area contributed by atoms with Gasteiger partial charge in [0.1, 0.15) is 5.01 Å². The SMILES string of the molecule is CCC(NC1CCCCC1C)c1nccs1. The van der Waals surface area contributed by atoms with Gasteiger partial charge in [0.15, 0.2) is 0 Å². The van der Waals surface area contributed by atoms with Crippen LogP contribution in [0, 0.1) is 5.92 Å². The molecule has 0 saturated heterocycles. The summed E-state index contributed by atoms with van der Waals surface area (Å²) in [4.78, 5) is 4.43. The van der Waals surface area contributed by atoms with Gasteiger partial charge in [-0.3, -0.25) is 0 Å². The lowest BCUT2D eigenvalue weighted by Crippen LogP contribution is -2.39. The number of hydrogen-bond donors (Lipinski definition) is 1. The fraction of sp³-hybridized carbons (Fsp3) is 0.769. The van der Waals surface area contributed by atoms with Gasteiger partial charge in [0, 0.05) is 17.6 Å². The first kappa shape index (κ1) is 12.1. The standard InChI is InChI=1S/C13H22N2S/c1-3-11(13-14-8-9-16-13)15-12-7-5-4-6-10(12)2/h8-12,15H,3-7H2,1-2H3. The number of aromatic nitrogens is 1. The highest BCUT2D eigenvalue weighted by molar-refractivity contribution is 7.09. The Bertz CT molecular complexity index is 297. The Balaban J connectivity index is 1.95. The number of rotatable bonds is 4. The van der Waals surface area contributed by atoms with Gasteiger partial charge in [-0.05, 0) is 25.2 Å². The van der Waals surface area contributed by atoms with Crippen LogP contribution in [0.15, 0.2) is 11.6 Å². The summed E-state index contributed by atoms with van der Waals surface area (Å²) in [6, 6.07) is 1.16. The summed E-state index contributed by atoms with van der Waals surface area (Å²) in [5.74, 6) is 0.822. The van der Waals surface area contributed by atoms with Crippen LogP contribution in [0.5, 0.6) is 0 Å². The van der Waals surface area contributed by atoms with Crippen LogP contribution in [0.3, 0.4) is 0 Å². The second-order valence-corrected chi connectivity index (χ2v) is 5.79. The maximum Gasteiger partial charge on any atom is 0.109 e. The Labute approximate surface area is 102 Å². The Hall–Kier alpha value is -0.410. The zero-order valence-electron chi connectivity index (χ0n) is 10.3. The van der Waals surface area contributed by atoms with E-state index in [9.17, 15) is 0 Å². The quantitative estimate of drug-likeness (QED) is 0.864. The Kier molecular flexibility index (Phi) is 4.36. The van der Waals surface area contributed by atoms with Gasteiger partial charge < -0.3 is 5.32 Å². The molecule has 0 amide bonds. The maximum atomic E-state index is 4.43. The molecule has 1 fully saturated rings. The molecule has 1 heterocycles. The molecule has 0 bridgehead atoms. The lowest BCUT2D eigenvalue weighted by Gasteiger charge is -2.32. The van der Waals surface area contributed by atoms with Crippen LogP contribution in [0.25, 0.3) is 0 Å². The van der Waals surface area contributed by atoms with E-state index >= 15 is 0 Å². The Morgan fingerprint density at radius 2 is 2.31 bits per heavy atom. The largest absolute Gasteiger partial charge is 0.305 e. The minimum absolute atomic E-state index is 0.463. The molecule has 3 atom stereocenters. The molecule has 1 N–H and O–H groups in total. The van der Waals surface area contributed by atoms with Crippen LogP contribution < -0.4 is 5.32 Å². The molecule has 16 heavy (non-hydrogen) atoms. The zero-order chi connectivity index (χ0) is 11.4. The van der Waals surface area contributed by atoms with Crippen molar-refractivity contribution in [2.45, 2.75) is 58.0 Å². The molecule has 0 spiro atoms. The third-order valence-electron chi connectivity index (χ3n) is 3.68. The van der Waals surface area contributed by atoms with Gasteiger partial charge >= 0.3 is 0 Å². The van der Waals surface area contributed by atoms with E-state index in [1.807, 2.05) is 6.20 Å². The van der Waals surface area contributed by atoms with E-state index < -0.39 is 0 Å². The smallest absolute Gasteiger partial charge is 0.109 e. The molecule has 2 rings (SSSR count). The molecule has 90 valence electrons. The lowest BCUT2D eigenvalue weighted by atomic mass is 9.85. The summed E-state index contributed by atoms with van der Waals surface area (Å²) in [6.45, 7) is 4.62. The molecule has 1 aromatic heterocycles. The van der Waals surface area contributed by atoms with Crippen molar-refractivity contribution < 1.29 is 0 Å². The van der Waals surface area contributed by atoms with Crippen LogP contribution in [-0.2, 0) is 0 Å². The van der Waals surface area contributed by atoms with Gasteiger partial charge in [0.25, 0.3) is 0 Å². The molecule has 0 aromatic carbocycles. The van der Waals surface area contributed by atoms with Crippen LogP contribution in [0.4, 0.5) is 0 Å². The third kappa shape index (κ3) is 2.83. The monoisotopic (exact) mass is 238 g/mol. The molecule has 1 aliphatic rings. The van der Waals surface area contributed by atoms with E-state index in [4.69, 9.17) is 0 Å². The molecule has 0 radical (unpaired) electrons.